The third kappa shape index (κ3) is 4.94. The molecule has 32 heavy (non-hydrogen) atoms. The quantitative estimate of drug-likeness (QED) is 0.285. The Morgan fingerprint density at radius 3 is 0.969 bits per heavy atom. The maximum absolute atomic E-state index is 12.7. The van der Waals surface area contributed by atoms with Gasteiger partial charge in [0.15, 0.2) is 0 Å². The zero-order valence-electron chi connectivity index (χ0n) is 16.7. The van der Waals surface area contributed by atoms with E-state index >= 15 is 0 Å². The number of hydrogen-bond donors (Lipinski definition) is 0. The van der Waals surface area contributed by atoms with E-state index in [-0.39, 0.29) is 19.6 Å². The zero-order chi connectivity index (χ0) is 22.6. The summed E-state index contributed by atoms with van der Waals surface area (Å²) in [6, 6.07) is 30.1. The highest BCUT2D eigenvalue weighted by Crippen LogP contribution is 2.38. The van der Waals surface area contributed by atoms with Gasteiger partial charge in [0.25, 0.3) is 0 Å². The van der Waals surface area contributed by atoms with Gasteiger partial charge in [-0.05, 0) is 72.8 Å². The van der Waals surface area contributed by atoms with E-state index in [4.69, 9.17) is 0 Å². The smallest absolute Gasteiger partial charge is 0.206 e. The molecule has 0 bridgehead atoms. The van der Waals surface area contributed by atoms with Crippen LogP contribution in [-0.2, 0) is 19.7 Å². The van der Waals surface area contributed by atoms with Crippen LogP contribution in [0, 0.1) is 0 Å². The van der Waals surface area contributed by atoms with Crippen LogP contribution in [0.25, 0.3) is 0 Å². The second-order valence-electron chi connectivity index (χ2n) is 6.74. The summed E-state index contributed by atoms with van der Waals surface area (Å²) in [5.41, 5.74) is 0. The molecule has 0 aliphatic heterocycles. The Hall–Kier alpha value is -2.52. The predicted octanol–water partition coefficient (Wildman–Crippen LogP) is 6.15. The highest BCUT2D eigenvalue weighted by Gasteiger charge is 2.18. The Labute approximate surface area is 195 Å². The Bertz CT molecular complexity index is 1290. The number of benzene rings is 4. The summed E-state index contributed by atoms with van der Waals surface area (Å²) in [5, 5.41) is 0. The normalized spacial score (nSPS) is 11.9. The molecule has 0 fully saturated rings. The summed E-state index contributed by atoms with van der Waals surface area (Å²) in [7, 11) is -4.13. The van der Waals surface area contributed by atoms with E-state index in [2.05, 4.69) is 0 Å². The summed E-state index contributed by atoms with van der Waals surface area (Å²) >= 11 is 0. The maximum atomic E-state index is 12.7. The molecular formula is C24H18O4S4. The summed E-state index contributed by atoms with van der Waals surface area (Å²) in [4.78, 5) is 2.80. The molecule has 0 heterocycles. The van der Waals surface area contributed by atoms with Crippen LogP contribution in [0.15, 0.2) is 139 Å². The van der Waals surface area contributed by atoms with Gasteiger partial charge in [-0.3, -0.25) is 0 Å². The topological polar surface area (TPSA) is 68.3 Å². The summed E-state index contributed by atoms with van der Waals surface area (Å²) in [6.07, 6.45) is 0. The standard InChI is InChI=1S/C24H18O4S4/c25-31(26,21-7-3-1-4-8-21)23-15-11-19(12-16-23)29-30-20-13-17-24(18-14-20)32(27,28)22-9-5-2-6-10-22/h1-18H. The van der Waals surface area contributed by atoms with Gasteiger partial charge in [0.1, 0.15) is 0 Å². The van der Waals surface area contributed by atoms with Crippen molar-refractivity contribution in [3.05, 3.63) is 109 Å². The van der Waals surface area contributed by atoms with Gasteiger partial charge in [-0.2, -0.15) is 0 Å². The SMILES string of the molecule is O=S(=O)(c1ccccc1)c1ccc(SSc2ccc(S(=O)(=O)c3ccccc3)cc2)cc1. The molecule has 0 unspecified atom stereocenters. The van der Waals surface area contributed by atoms with Crippen molar-refractivity contribution in [2.24, 2.45) is 0 Å². The average Bonchev–Trinajstić information content (AvgIpc) is 2.84. The van der Waals surface area contributed by atoms with E-state index in [1.165, 1.54) is 21.6 Å². The van der Waals surface area contributed by atoms with Gasteiger partial charge in [-0.15, -0.1) is 0 Å². The summed E-state index contributed by atoms with van der Waals surface area (Å²) in [6.45, 7) is 0. The molecule has 4 rings (SSSR count). The van der Waals surface area contributed by atoms with Crippen LogP contribution in [0.5, 0.6) is 0 Å². The molecule has 4 aromatic carbocycles. The molecular weight excluding hydrogens is 481 g/mol. The van der Waals surface area contributed by atoms with Crippen molar-refractivity contribution in [2.75, 3.05) is 0 Å². The minimum Gasteiger partial charge on any atom is -0.219 e. The Morgan fingerprint density at radius 1 is 0.375 bits per heavy atom. The van der Waals surface area contributed by atoms with Gasteiger partial charge in [-0.1, -0.05) is 58.0 Å². The molecule has 0 spiro atoms. The number of rotatable bonds is 7. The van der Waals surface area contributed by atoms with E-state index in [9.17, 15) is 16.8 Å². The largest absolute Gasteiger partial charge is 0.219 e. The minimum absolute atomic E-state index is 0.244. The lowest BCUT2D eigenvalue weighted by Gasteiger charge is -2.07. The molecule has 0 aliphatic carbocycles. The third-order valence-corrected chi connectivity index (χ3v) is 10.6. The van der Waals surface area contributed by atoms with Gasteiger partial charge in [0.2, 0.25) is 19.7 Å². The van der Waals surface area contributed by atoms with Crippen LogP contribution in [0.3, 0.4) is 0 Å². The molecule has 0 N–H and O–H groups in total. The van der Waals surface area contributed by atoms with Gasteiger partial charge in [0.05, 0.1) is 19.6 Å². The van der Waals surface area contributed by atoms with E-state index in [0.717, 1.165) is 9.79 Å². The van der Waals surface area contributed by atoms with Crippen LogP contribution >= 0.6 is 21.6 Å². The maximum Gasteiger partial charge on any atom is 0.206 e. The van der Waals surface area contributed by atoms with Gasteiger partial charge < -0.3 is 0 Å². The van der Waals surface area contributed by atoms with Crippen molar-refractivity contribution in [1.82, 2.24) is 0 Å². The fourth-order valence-corrected chi connectivity index (χ4v) is 7.41. The predicted molar refractivity (Wildman–Crippen MR) is 128 cm³/mol. The zero-order valence-corrected chi connectivity index (χ0v) is 19.9. The third-order valence-electron chi connectivity index (χ3n) is 4.61. The molecule has 0 saturated carbocycles. The summed E-state index contributed by atoms with van der Waals surface area (Å²) < 4.78 is 50.7. The molecule has 0 saturated heterocycles. The first-order valence-electron chi connectivity index (χ1n) is 9.52. The van der Waals surface area contributed by atoms with E-state index in [1.807, 2.05) is 0 Å². The van der Waals surface area contributed by atoms with Crippen LogP contribution in [0.1, 0.15) is 0 Å². The van der Waals surface area contributed by atoms with Gasteiger partial charge >= 0.3 is 0 Å². The van der Waals surface area contributed by atoms with Crippen molar-refractivity contribution in [3.63, 3.8) is 0 Å². The molecule has 0 amide bonds. The van der Waals surface area contributed by atoms with Gasteiger partial charge in [0, 0.05) is 9.79 Å². The molecule has 8 heteroatoms. The highest BCUT2D eigenvalue weighted by molar-refractivity contribution is 8.76. The van der Waals surface area contributed by atoms with Crippen molar-refractivity contribution in [2.45, 2.75) is 29.4 Å². The second-order valence-corrected chi connectivity index (χ2v) is 12.9. The first-order valence-corrected chi connectivity index (χ1v) is 14.6. The van der Waals surface area contributed by atoms with Crippen molar-refractivity contribution in [1.29, 1.82) is 0 Å². The Kier molecular flexibility index (Phi) is 6.76. The molecule has 162 valence electrons. The van der Waals surface area contributed by atoms with Crippen LogP contribution < -0.4 is 0 Å². The van der Waals surface area contributed by atoms with Crippen molar-refractivity contribution in [3.8, 4) is 0 Å². The fraction of sp³-hybridized carbons (Fsp3) is 0. The lowest BCUT2D eigenvalue weighted by Crippen LogP contribution is -2.01. The molecule has 0 aromatic heterocycles. The van der Waals surface area contributed by atoms with Crippen LogP contribution in [-0.4, -0.2) is 16.8 Å². The van der Waals surface area contributed by atoms with Gasteiger partial charge in [-0.25, -0.2) is 16.8 Å². The first kappa shape index (κ1) is 22.7. The average molecular weight is 499 g/mol. The fourth-order valence-electron chi connectivity index (χ4n) is 2.92. The van der Waals surface area contributed by atoms with Crippen LogP contribution in [0.2, 0.25) is 0 Å². The first-order chi connectivity index (χ1) is 15.4. The van der Waals surface area contributed by atoms with Crippen molar-refractivity contribution >= 4 is 41.3 Å². The summed E-state index contributed by atoms with van der Waals surface area (Å²) in [5.74, 6) is 0. The second kappa shape index (κ2) is 9.54. The van der Waals surface area contributed by atoms with Crippen LogP contribution in [0.4, 0.5) is 0 Å². The molecule has 0 atom stereocenters. The lowest BCUT2D eigenvalue weighted by molar-refractivity contribution is 0.594. The van der Waals surface area contributed by atoms with E-state index in [0.29, 0.717) is 0 Å². The molecule has 4 aromatic rings. The number of hydrogen-bond acceptors (Lipinski definition) is 6. The van der Waals surface area contributed by atoms with E-state index < -0.39 is 19.7 Å². The monoisotopic (exact) mass is 498 g/mol. The lowest BCUT2D eigenvalue weighted by atomic mass is 10.4. The Morgan fingerprint density at radius 2 is 0.656 bits per heavy atom. The molecule has 4 nitrogen and oxygen atoms in total. The Balaban J connectivity index is 1.43. The minimum atomic E-state index is -3.54. The van der Waals surface area contributed by atoms with Crippen molar-refractivity contribution < 1.29 is 16.8 Å². The number of sulfone groups is 2. The van der Waals surface area contributed by atoms with E-state index in [1.54, 1.807) is 109 Å². The molecule has 0 radical (unpaired) electrons. The molecule has 0 aliphatic rings. The highest BCUT2D eigenvalue weighted by atomic mass is 33.1.